The molecule has 0 spiro atoms. The second kappa shape index (κ2) is 8.07. The number of nitrogens with one attached hydrogen (secondary N) is 1. The lowest BCUT2D eigenvalue weighted by Gasteiger charge is -2.25. The van der Waals surface area contributed by atoms with Gasteiger partial charge in [-0.25, -0.2) is 4.39 Å². The molecule has 1 aliphatic rings. The van der Waals surface area contributed by atoms with Crippen LogP contribution in [0, 0.1) is 5.82 Å². The molecule has 2 N–H and O–H groups in total. The van der Waals surface area contributed by atoms with Gasteiger partial charge in [-0.3, -0.25) is 4.79 Å². The molecule has 0 aliphatic carbocycles. The van der Waals surface area contributed by atoms with E-state index in [1.165, 1.54) is 12.1 Å². The first-order chi connectivity index (χ1) is 9.15. The fourth-order valence-electron chi connectivity index (χ4n) is 2.19. The Bertz CT molecular complexity index is 450. The van der Waals surface area contributed by atoms with E-state index in [-0.39, 0.29) is 37.2 Å². The lowest BCUT2D eigenvalue weighted by atomic mass is 10.1. The zero-order valence-corrected chi connectivity index (χ0v) is 11.9. The third-order valence-electron chi connectivity index (χ3n) is 3.21. The molecule has 1 aliphatic heterocycles. The third-order valence-corrected chi connectivity index (χ3v) is 3.21. The molecule has 1 saturated heterocycles. The highest BCUT2D eigenvalue weighted by atomic mass is 35.5. The summed E-state index contributed by atoms with van der Waals surface area (Å²) in [6.45, 7) is 1.83. The monoisotopic (exact) mass is 303 g/mol. The number of carbonyl (C=O) groups is 1. The van der Waals surface area contributed by atoms with Crippen molar-refractivity contribution in [1.82, 2.24) is 5.32 Å². The average Bonchev–Trinajstić information content (AvgIpc) is 2.40. The zero-order valence-electron chi connectivity index (χ0n) is 11.1. The van der Waals surface area contributed by atoms with Crippen LogP contribution in [0.15, 0.2) is 18.2 Å². The normalized spacial score (nSPS) is 15.4. The van der Waals surface area contributed by atoms with Crippen molar-refractivity contribution in [2.45, 2.75) is 31.8 Å². The maximum Gasteiger partial charge on any atom is 0.303 e. The van der Waals surface area contributed by atoms with Gasteiger partial charge >= 0.3 is 5.97 Å². The molecule has 1 aromatic carbocycles. The lowest BCUT2D eigenvalue weighted by Crippen LogP contribution is -2.34. The van der Waals surface area contributed by atoms with E-state index in [1.807, 2.05) is 0 Å². The van der Waals surface area contributed by atoms with E-state index in [1.54, 1.807) is 6.07 Å². The van der Waals surface area contributed by atoms with Crippen molar-refractivity contribution >= 4 is 18.4 Å². The van der Waals surface area contributed by atoms with Crippen LogP contribution in [0.3, 0.4) is 0 Å². The summed E-state index contributed by atoms with van der Waals surface area (Å²) >= 11 is 0. The minimum absolute atomic E-state index is 0. The first kappa shape index (κ1) is 16.7. The highest BCUT2D eigenvalue weighted by Gasteiger charge is 2.16. The summed E-state index contributed by atoms with van der Waals surface area (Å²) in [5.41, 5.74) is 0.626. The number of rotatable bonds is 5. The van der Waals surface area contributed by atoms with Gasteiger partial charge in [0.15, 0.2) is 0 Å². The highest BCUT2D eigenvalue weighted by molar-refractivity contribution is 5.85. The summed E-state index contributed by atoms with van der Waals surface area (Å²) in [5.74, 6) is -0.648. The standard InChI is InChI=1S/C14H18FNO3.ClH/c15-11-2-3-13(10(9-11)1-4-14(17)18)19-12-5-7-16-8-6-12;/h2-3,9,12,16H,1,4-8H2,(H,17,18);1H. The number of piperidine rings is 1. The molecule has 1 fully saturated rings. The fourth-order valence-corrected chi connectivity index (χ4v) is 2.19. The van der Waals surface area contributed by atoms with Crippen LogP contribution < -0.4 is 10.1 Å². The SMILES string of the molecule is Cl.O=C(O)CCc1cc(F)ccc1OC1CCNCC1. The molecule has 112 valence electrons. The number of hydrogen-bond donors (Lipinski definition) is 2. The van der Waals surface area contributed by atoms with Gasteiger partial charge < -0.3 is 15.2 Å². The predicted molar refractivity (Wildman–Crippen MR) is 76.1 cm³/mol. The largest absolute Gasteiger partial charge is 0.490 e. The maximum atomic E-state index is 13.2. The van der Waals surface area contributed by atoms with E-state index < -0.39 is 5.97 Å². The number of carboxylic acid groups (broad SMARTS) is 1. The van der Waals surface area contributed by atoms with Crippen LogP contribution in [0.4, 0.5) is 4.39 Å². The number of ether oxygens (including phenoxy) is 1. The lowest BCUT2D eigenvalue weighted by molar-refractivity contribution is -0.136. The van der Waals surface area contributed by atoms with Crippen molar-refractivity contribution in [3.8, 4) is 5.75 Å². The Balaban J connectivity index is 0.00000200. The first-order valence-corrected chi connectivity index (χ1v) is 6.53. The molecule has 0 saturated carbocycles. The quantitative estimate of drug-likeness (QED) is 0.877. The van der Waals surface area contributed by atoms with Gasteiger partial charge in [-0.2, -0.15) is 0 Å². The van der Waals surface area contributed by atoms with Crippen molar-refractivity contribution in [2.24, 2.45) is 0 Å². The first-order valence-electron chi connectivity index (χ1n) is 6.53. The second-order valence-electron chi connectivity index (χ2n) is 4.71. The Morgan fingerprint density at radius 3 is 2.75 bits per heavy atom. The van der Waals surface area contributed by atoms with Crippen molar-refractivity contribution in [3.05, 3.63) is 29.6 Å². The second-order valence-corrected chi connectivity index (χ2v) is 4.71. The molecule has 0 atom stereocenters. The Kier molecular flexibility index (Phi) is 6.75. The molecule has 1 aromatic rings. The molecular formula is C14H19ClFNO3. The molecule has 0 aromatic heterocycles. The summed E-state index contributed by atoms with van der Waals surface area (Å²) in [4.78, 5) is 10.6. The van der Waals surface area contributed by atoms with Crippen LogP contribution >= 0.6 is 12.4 Å². The van der Waals surface area contributed by atoms with E-state index in [0.29, 0.717) is 11.3 Å². The number of benzene rings is 1. The molecule has 0 bridgehead atoms. The number of aliphatic carboxylic acids is 1. The number of aryl methyl sites for hydroxylation is 1. The molecule has 0 radical (unpaired) electrons. The van der Waals surface area contributed by atoms with E-state index in [9.17, 15) is 9.18 Å². The molecular weight excluding hydrogens is 285 g/mol. The molecule has 6 heteroatoms. The zero-order chi connectivity index (χ0) is 13.7. The molecule has 0 amide bonds. The summed E-state index contributed by atoms with van der Waals surface area (Å²) in [6.07, 6.45) is 2.21. The van der Waals surface area contributed by atoms with Gasteiger partial charge in [0.05, 0.1) is 0 Å². The molecule has 2 rings (SSSR count). The molecule has 0 unspecified atom stereocenters. The van der Waals surface area contributed by atoms with Crippen LogP contribution in [0.25, 0.3) is 0 Å². The van der Waals surface area contributed by atoms with Crippen LogP contribution in [-0.4, -0.2) is 30.3 Å². The smallest absolute Gasteiger partial charge is 0.303 e. The van der Waals surface area contributed by atoms with Crippen molar-refractivity contribution in [3.63, 3.8) is 0 Å². The van der Waals surface area contributed by atoms with Gasteiger partial charge in [-0.05, 0) is 56.1 Å². The van der Waals surface area contributed by atoms with Crippen molar-refractivity contribution < 1.29 is 19.0 Å². The Morgan fingerprint density at radius 2 is 2.10 bits per heavy atom. The Labute approximate surface area is 123 Å². The minimum atomic E-state index is -0.892. The highest BCUT2D eigenvalue weighted by Crippen LogP contribution is 2.24. The van der Waals surface area contributed by atoms with Gasteiger partial charge in [0.1, 0.15) is 17.7 Å². The van der Waals surface area contributed by atoms with Crippen molar-refractivity contribution in [2.75, 3.05) is 13.1 Å². The van der Waals surface area contributed by atoms with Gasteiger partial charge in [0.2, 0.25) is 0 Å². The van der Waals surface area contributed by atoms with Crippen molar-refractivity contribution in [1.29, 1.82) is 0 Å². The van der Waals surface area contributed by atoms with E-state index >= 15 is 0 Å². The van der Waals surface area contributed by atoms with E-state index in [4.69, 9.17) is 9.84 Å². The van der Waals surface area contributed by atoms with Crippen LogP contribution in [0.2, 0.25) is 0 Å². The third kappa shape index (κ3) is 4.98. The topological polar surface area (TPSA) is 58.6 Å². The number of carboxylic acids is 1. The van der Waals surface area contributed by atoms with Gasteiger partial charge in [-0.1, -0.05) is 0 Å². The predicted octanol–water partition coefficient (Wildman–Crippen LogP) is 2.40. The number of halogens is 2. The molecule has 4 nitrogen and oxygen atoms in total. The summed E-state index contributed by atoms with van der Waals surface area (Å²) in [6, 6.07) is 4.30. The maximum absolute atomic E-state index is 13.2. The Morgan fingerprint density at radius 1 is 1.40 bits per heavy atom. The van der Waals surface area contributed by atoms with E-state index in [2.05, 4.69) is 5.32 Å². The van der Waals surface area contributed by atoms with Crippen LogP contribution in [0.1, 0.15) is 24.8 Å². The fraction of sp³-hybridized carbons (Fsp3) is 0.500. The van der Waals surface area contributed by atoms with Crippen LogP contribution in [-0.2, 0) is 11.2 Å². The molecule has 1 heterocycles. The summed E-state index contributed by atoms with van der Waals surface area (Å²) in [5, 5.41) is 12.0. The average molecular weight is 304 g/mol. The molecule has 20 heavy (non-hydrogen) atoms. The van der Waals surface area contributed by atoms with Crippen LogP contribution in [0.5, 0.6) is 5.75 Å². The summed E-state index contributed by atoms with van der Waals surface area (Å²) in [7, 11) is 0. The van der Waals surface area contributed by atoms with E-state index in [0.717, 1.165) is 25.9 Å². The van der Waals surface area contributed by atoms with Gasteiger partial charge in [-0.15, -0.1) is 12.4 Å². The van der Waals surface area contributed by atoms with Gasteiger partial charge in [0.25, 0.3) is 0 Å². The van der Waals surface area contributed by atoms with Gasteiger partial charge in [0, 0.05) is 6.42 Å². The number of hydrogen-bond acceptors (Lipinski definition) is 3. The summed E-state index contributed by atoms with van der Waals surface area (Å²) < 4.78 is 19.1. The Hall–Kier alpha value is -1.33. The minimum Gasteiger partial charge on any atom is -0.490 e.